The number of allylic oxidation sites excluding steroid dienone is 5. The van der Waals surface area contributed by atoms with Gasteiger partial charge in [0.25, 0.3) is 40.5 Å². The highest BCUT2D eigenvalue weighted by Gasteiger charge is 2.24. The molecule has 1 aliphatic carbocycles. The number of nitrogens with one attached hydrogen (secondary N) is 2. The molecule has 0 heterocycles. The van der Waals surface area contributed by atoms with E-state index in [0.29, 0.717) is 28.5 Å². The molecule has 0 spiro atoms. The first-order valence-electron chi connectivity index (χ1n) is 15.9. The molecule has 5 aromatic carbocycles. The molecule has 6 rings (SSSR count). The Bertz CT molecular complexity index is 2770. The Balaban J connectivity index is 1.33. The van der Waals surface area contributed by atoms with Crippen molar-refractivity contribution in [3.63, 3.8) is 0 Å². The normalized spacial score (nSPS) is 13.4. The predicted octanol–water partition coefficient (Wildman–Crippen LogP) is 6.86. The van der Waals surface area contributed by atoms with Crippen LogP contribution in [0.3, 0.4) is 0 Å². The summed E-state index contributed by atoms with van der Waals surface area (Å²) in [4.78, 5) is 1.83. The van der Waals surface area contributed by atoms with Gasteiger partial charge in [0, 0.05) is 22.7 Å². The first-order valence-corrected chi connectivity index (χ1v) is 21.7. The summed E-state index contributed by atoms with van der Waals surface area (Å²) < 4.78 is 130. The van der Waals surface area contributed by atoms with Crippen molar-refractivity contribution in [2.45, 2.75) is 19.6 Å². The highest BCUT2D eigenvalue weighted by atomic mass is 32.2. The highest BCUT2D eigenvalue weighted by molar-refractivity contribution is 7.89. The van der Waals surface area contributed by atoms with Crippen LogP contribution in [0.4, 0.5) is 28.4 Å². The summed E-state index contributed by atoms with van der Waals surface area (Å²) in [7, 11) is -18.7. The lowest BCUT2D eigenvalue weighted by molar-refractivity contribution is 0.466. The molecule has 0 aliphatic heterocycles. The molecule has 56 heavy (non-hydrogen) atoms. The van der Waals surface area contributed by atoms with E-state index in [1.54, 1.807) is 24.3 Å². The topological polar surface area (TPSA) is 254 Å². The van der Waals surface area contributed by atoms with Crippen LogP contribution in [0.1, 0.15) is 11.1 Å². The summed E-state index contributed by atoms with van der Waals surface area (Å²) in [6.45, 7) is 0. The average molecular weight is 836 g/mol. The molecule has 5 aromatic rings. The molecule has 19 heteroatoms. The van der Waals surface area contributed by atoms with Crippen molar-refractivity contribution in [2.24, 2.45) is 4.99 Å². The third-order valence-corrected chi connectivity index (χ3v) is 11.8. The lowest BCUT2D eigenvalue weighted by Gasteiger charge is -2.16. The van der Waals surface area contributed by atoms with Crippen LogP contribution in [-0.4, -0.2) is 57.6 Å². The van der Waals surface area contributed by atoms with E-state index in [0.717, 1.165) is 34.4 Å². The fourth-order valence-corrected chi connectivity index (χ4v) is 8.26. The first kappa shape index (κ1) is 39.9. The molecule has 0 amide bonds. The summed E-state index contributed by atoms with van der Waals surface area (Å²) in [5, 5.41) is 6.34. The van der Waals surface area contributed by atoms with Crippen molar-refractivity contribution in [2.75, 3.05) is 10.6 Å². The minimum atomic E-state index is -5.04. The van der Waals surface area contributed by atoms with Crippen molar-refractivity contribution in [3.8, 4) is 0 Å². The number of hydrogen-bond acceptors (Lipinski definition) is 11. The van der Waals surface area contributed by atoms with E-state index >= 15 is 0 Å². The smallest absolute Gasteiger partial charge is 0.295 e. The maximum atomic E-state index is 11.9. The van der Waals surface area contributed by atoms with Gasteiger partial charge in [-0.25, -0.2) is 4.99 Å². The molecule has 0 atom stereocenters. The van der Waals surface area contributed by atoms with Gasteiger partial charge in [0.2, 0.25) is 0 Å². The zero-order chi connectivity index (χ0) is 40.5. The van der Waals surface area contributed by atoms with Crippen molar-refractivity contribution in [1.29, 1.82) is 0 Å². The van der Waals surface area contributed by atoms with E-state index in [1.807, 2.05) is 48.5 Å². The molecule has 288 valence electrons. The Morgan fingerprint density at radius 3 is 1.16 bits per heavy atom. The average Bonchev–Trinajstić information content (AvgIpc) is 3.13. The second-order valence-corrected chi connectivity index (χ2v) is 17.6. The largest absolute Gasteiger partial charge is 0.356 e. The molecule has 15 nitrogen and oxygen atoms in total. The quantitative estimate of drug-likeness (QED) is 0.0744. The summed E-state index contributed by atoms with van der Waals surface area (Å²) in [5.41, 5.74) is 5.87. The van der Waals surface area contributed by atoms with Crippen LogP contribution in [-0.2, 0) is 40.5 Å². The monoisotopic (exact) mass is 835 g/mol. The Morgan fingerprint density at radius 2 is 0.804 bits per heavy atom. The molecule has 1 aliphatic rings. The van der Waals surface area contributed by atoms with E-state index in [4.69, 9.17) is 0 Å². The SMILES string of the molecule is O=S(=O)(O)c1ccc(Nc2ccc(C(=C3C=CC(=Nc4ccc(S(=O)(=O)O)c(S(=O)(=O)O)c4)C=C3)c3ccc(Nc4ccc(S(=O)(=O)O)cc4)cc3)cc2)cc1. The van der Waals surface area contributed by atoms with Gasteiger partial charge in [-0.15, -0.1) is 0 Å². The molecule has 6 N–H and O–H groups in total. The predicted molar refractivity (Wildman–Crippen MR) is 209 cm³/mol. The second-order valence-electron chi connectivity index (χ2n) is 12.0. The Hall–Kier alpha value is -5.77. The van der Waals surface area contributed by atoms with Gasteiger partial charge in [0.15, 0.2) is 0 Å². The van der Waals surface area contributed by atoms with Crippen LogP contribution in [0.25, 0.3) is 5.57 Å². The van der Waals surface area contributed by atoms with E-state index in [9.17, 15) is 51.9 Å². The molecule has 0 unspecified atom stereocenters. The van der Waals surface area contributed by atoms with Gasteiger partial charge in [-0.1, -0.05) is 36.4 Å². The zero-order valence-electron chi connectivity index (χ0n) is 28.4. The van der Waals surface area contributed by atoms with Crippen molar-refractivity contribution >= 4 is 80.2 Å². The molecule has 0 aromatic heterocycles. The number of rotatable bonds is 11. The van der Waals surface area contributed by atoms with E-state index in [-0.39, 0.29) is 15.5 Å². The van der Waals surface area contributed by atoms with Gasteiger partial charge in [-0.2, -0.15) is 33.7 Å². The number of nitrogens with zero attached hydrogens (tertiary/aromatic N) is 1. The Kier molecular flexibility index (Phi) is 11.0. The third-order valence-electron chi connectivity index (χ3n) is 8.13. The zero-order valence-corrected chi connectivity index (χ0v) is 31.7. The maximum absolute atomic E-state index is 11.9. The minimum Gasteiger partial charge on any atom is -0.356 e. The molecular formula is C37H29N3O12S4. The Labute approximate surface area is 322 Å². The summed E-state index contributed by atoms with van der Waals surface area (Å²) in [5.74, 6) is 0. The summed E-state index contributed by atoms with van der Waals surface area (Å²) in [6.07, 6.45) is 6.79. The standard InChI is InChI=1S/C37H29N3O12S4/c41-53(42,43)33-18-13-30(14-19-33)38-27-7-1-24(2-8-27)37(25-3-9-28(10-4-25)39-31-15-20-34(21-16-31)54(44,45)46)26-5-11-29(12-6-26)40-32-17-22-35(55(47,48)49)36(23-32)56(50,51)52/h1-23,38-39H,(H,41,42,43)(H,44,45,46)(H,47,48,49)(H,50,51,52). The molecular weight excluding hydrogens is 807 g/mol. The van der Waals surface area contributed by atoms with Crippen LogP contribution in [0.15, 0.2) is 170 Å². The number of anilines is 4. The summed E-state index contributed by atoms with van der Waals surface area (Å²) >= 11 is 0. The lowest BCUT2D eigenvalue weighted by atomic mass is 9.90. The number of aliphatic imine (C=N–C) groups is 1. The highest BCUT2D eigenvalue weighted by Crippen LogP contribution is 2.33. The van der Waals surface area contributed by atoms with Gasteiger partial charge in [0.1, 0.15) is 9.79 Å². The van der Waals surface area contributed by atoms with Gasteiger partial charge in [0.05, 0.1) is 21.2 Å². The van der Waals surface area contributed by atoms with Crippen molar-refractivity contribution in [1.82, 2.24) is 0 Å². The Morgan fingerprint density at radius 1 is 0.429 bits per heavy atom. The minimum absolute atomic E-state index is 0.0200. The van der Waals surface area contributed by atoms with E-state index < -0.39 is 50.3 Å². The van der Waals surface area contributed by atoms with E-state index in [2.05, 4.69) is 15.6 Å². The van der Waals surface area contributed by atoms with E-state index in [1.165, 1.54) is 54.6 Å². The van der Waals surface area contributed by atoms with Gasteiger partial charge >= 0.3 is 0 Å². The van der Waals surface area contributed by atoms with Crippen molar-refractivity contribution < 1.29 is 51.9 Å². The van der Waals surface area contributed by atoms with Crippen LogP contribution >= 0.6 is 0 Å². The number of hydrogen-bond donors (Lipinski definition) is 6. The van der Waals surface area contributed by atoms with Crippen LogP contribution < -0.4 is 10.6 Å². The maximum Gasteiger partial charge on any atom is 0.295 e. The molecule has 0 radical (unpaired) electrons. The van der Waals surface area contributed by atoms with Crippen LogP contribution in [0.5, 0.6) is 0 Å². The fourth-order valence-electron chi connectivity index (χ4n) is 5.53. The van der Waals surface area contributed by atoms with Gasteiger partial charge < -0.3 is 10.6 Å². The summed E-state index contributed by atoms with van der Waals surface area (Å²) in [6, 6.07) is 28.6. The van der Waals surface area contributed by atoms with Gasteiger partial charge in [-0.05, 0) is 125 Å². The molecule has 0 fully saturated rings. The lowest BCUT2D eigenvalue weighted by Crippen LogP contribution is -2.08. The van der Waals surface area contributed by atoms with Crippen molar-refractivity contribution in [3.05, 3.63) is 156 Å². The first-order chi connectivity index (χ1) is 26.2. The van der Waals surface area contributed by atoms with Crippen LogP contribution in [0, 0.1) is 0 Å². The fraction of sp³-hybridized carbons (Fsp3) is 0. The second kappa shape index (κ2) is 15.4. The molecule has 0 bridgehead atoms. The van der Waals surface area contributed by atoms with Crippen LogP contribution in [0.2, 0.25) is 0 Å². The van der Waals surface area contributed by atoms with Gasteiger partial charge in [-0.3, -0.25) is 18.2 Å². The third kappa shape index (κ3) is 9.72. The molecule has 0 saturated heterocycles. The molecule has 0 saturated carbocycles. The number of benzene rings is 5.